The van der Waals surface area contributed by atoms with E-state index in [1.54, 1.807) is 0 Å². The van der Waals surface area contributed by atoms with Crippen LogP contribution in [0.15, 0.2) is 0 Å². The molecule has 2 saturated heterocycles. The summed E-state index contributed by atoms with van der Waals surface area (Å²) in [6.45, 7) is 11.3. The summed E-state index contributed by atoms with van der Waals surface area (Å²) < 4.78 is 0. The van der Waals surface area contributed by atoms with Gasteiger partial charge in [-0.3, -0.25) is 10.2 Å². The second-order valence-corrected chi connectivity index (χ2v) is 6.67. The van der Waals surface area contributed by atoms with Gasteiger partial charge in [0.15, 0.2) is 0 Å². The van der Waals surface area contributed by atoms with Crippen LogP contribution >= 0.6 is 0 Å². The fraction of sp³-hybridized carbons (Fsp3) is 0.941. The highest BCUT2D eigenvalue weighted by molar-refractivity contribution is 5.06. The van der Waals surface area contributed by atoms with Crippen LogP contribution in [0.3, 0.4) is 0 Å². The van der Waals surface area contributed by atoms with E-state index in [2.05, 4.69) is 35.0 Å². The van der Waals surface area contributed by atoms with Crippen LogP contribution in [0.2, 0.25) is 0 Å². The number of hydrogen-bond acceptors (Lipinski definition) is 4. The summed E-state index contributed by atoms with van der Waals surface area (Å²) in [6.07, 6.45) is 7.11. The molecule has 0 saturated carbocycles. The molecule has 2 aliphatic rings. The summed E-state index contributed by atoms with van der Waals surface area (Å²) >= 11 is 0. The minimum Gasteiger partial charge on any atom is -0.302 e. The number of nitriles is 1. The smallest absolute Gasteiger partial charge is 0.106 e. The minimum atomic E-state index is -0.303. The Morgan fingerprint density at radius 3 is 2.62 bits per heavy atom. The lowest BCUT2D eigenvalue weighted by molar-refractivity contribution is 0.227. The molecule has 0 spiro atoms. The van der Waals surface area contributed by atoms with Crippen molar-refractivity contribution < 1.29 is 0 Å². The normalized spacial score (nSPS) is 26.8. The summed E-state index contributed by atoms with van der Waals surface area (Å²) in [6, 6.07) is 3.31. The van der Waals surface area contributed by atoms with Crippen LogP contribution in [-0.4, -0.2) is 60.6 Å². The van der Waals surface area contributed by atoms with E-state index in [0.717, 1.165) is 38.4 Å². The Balaban J connectivity index is 1.70. The molecular formula is C17H32N4. The van der Waals surface area contributed by atoms with Crippen molar-refractivity contribution in [1.82, 2.24) is 15.1 Å². The molecule has 0 aromatic heterocycles. The first kappa shape index (κ1) is 16.7. The molecule has 4 nitrogen and oxygen atoms in total. The zero-order valence-electron chi connectivity index (χ0n) is 13.9. The molecule has 2 heterocycles. The van der Waals surface area contributed by atoms with E-state index < -0.39 is 0 Å². The molecule has 0 aliphatic carbocycles. The maximum atomic E-state index is 9.45. The van der Waals surface area contributed by atoms with Crippen LogP contribution < -0.4 is 5.32 Å². The number of likely N-dealkylation sites (tertiary alicyclic amines) is 2. The number of rotatable bonds is 8. The highest BCUT2D eigenvalue weighted by Gasteiger charge is 2.30. The fourth-order valence-electron chi connectivity index (χ4n) is 3.93. The SMILES string of the molecule is CCNC(C#N)(CC)CCCN1CCC(N2CCCC2)C1. The van der Waals surface area contributed by atoms with E-state index in [9.17, 15) is 5.26 Å². The third-order valence-electron chi connectivity index (χ3n) is 5.32. The average Bonchev–Trinajstić information content (AvgIpc) is 3.17. The first-order valence-electron chi connectivity index (χ1n) is 8.85. The maximum Gasteiger partial charge on any atom is 0.106 e. The Bertz CT molecular complexity index is 345. The van der Waals surface area contributed by atoms with Crippen molar-refractivity contribution in [3.8, 4) is 6.07 Å². The second-order valence-electron chi connectivity index (χ2n) is 6.67. The highest BCUT2D eigenvalue weighted by Crippen LogP contribution is 2.22. The van der Waals surface area contributed by atoms with E-state index >= 15 is 0 Å². The predicted octanol–water partition coefficient (Wildman–Crippen LogP) is 2.22. The molecule has 120 valence electrons. The van der Waals surface area contributed by atoms with Crippen molar-refractivity contribution in [3.05, 3.63) is 0 Å². The number of nitrogens with zero attached hydrogens (tertiary/aromatic N) is 3. The first-order valence-corrected chi connectivity index (χ1v) is 8.85. The lowest BCUT2D eigenvalue weighted by atomic mass is 9.92. The van der Waals surface area contributed by atoms with Crippen molar-refractivity contribution in [3.63, 3.8) is 0 Å². The molecule has 0 aromatic rings. The van der Waals surface area contributed by atoms with Gasteiger partial charge in [-0.15, -0.1) is 0 Å². The van der Waals surface area contributed by atoms with Gasteiger partial charge in [0.25, 0.3) is 0 Å². The van der Waals surface area contributed by atoms with Gasteiger partial charge in [0.2, 0.25) is 0 Å². The summed E-state index contributed by atoms with van der Waals surface area (Å²) in [7, 11) is 0. The van der Waals surface area contributed by atoms with Crippen molar-refractivity contribution in [2.45, 2.75) is 64.0 Å². The van der Waals surface area contributed by atoms with Gasteiger partial charge in [-0.1, -0.05) is 13.8 Å². The van der Waals surface area contributed by atoms with E-state index in [-0.39, 0.29) is 5.54 Å². The first-order chi connectivity index (χ1) is 10.2. The largest absolute Gasteiger partial charge is 0.302 e. The zero-order valence-corrected chi connectivity index (χ0v) is 13.9. The van der Waals surface area contributed by atoms with Crippen LogP contribution in [-0.2, 0) is 0 Å². The predicted molar refractivity (Wildman–Crippen MR) is 87.2 cm³/mol. The van der Waals surface area contributed by atoms with Crippen LogP contribution in [0.5, 0.6) is 0 Å². The fourth-order valence-corrected chi connectivity index (χ4v) is 3.93. The molecule has 2 unspecified atom stereocenters. The Kier molecular flexibility index (Phi) is 6.47. The van der Waals surface area contributed by atoms with Gasteiger partial charge in [-0.2, -0.15) is 5.26 Å². The summed E-state index contributed by atoms with van der Waals surface area (Å²) in [4.78, 5) is 5.29. The van der Waals surface area contributed by atoms with Gasteiger partial charge in [0.1, 0.15) is 5.54 Å². The monoisotopic (exact) mass is 292 g/mol. The number of hydrogen-bond donors (Lipinski definition) is 1. The van der Waals surface area contributed by atoms with Gasteiger partial charge in [-0.05, 0) is 71.2 Å². The molecule has 21 heavy (non-hydrogen) atoms. The van der Waals surface area contributed by atoms with Crippen molar-refractivity contribution in [2.75, 3.05) is 39.3 Å². The number of nitrogens with one attached hydrogen (secondary N) is 1. The third kappa shape index (κ3) is 4.42. The summed E-state index contributed by atoms with van der Waals surface area (Å²) in [5, 5.41) is 12.8. The van der Waals surface area contributed by atoms with Crippen LogP contribution in [0.25, 0.3) is 0 Å². The summed E-state index contributed by atoms with van der Waals surface area (Å²) in [5.41, 5.74) is -0.303. The van der Waals surface area contributed by atoms with Gasteiger partial charge in [0.05, 0.1) is 6.07 Å². The highest BCUT2D eigenvalue weighted by atomic mass is 15.3. The standard InChI is InChI=1S/C17H32N4/c1-3-17(15-18,19-4-2)9-7-10-20-13-8-16(14-20)21-11-5-6-12-21/h16,19H,3-14H2,1-2H3. The molecule has 4 heteroatoms. The second kappa shape index (κ2) is 8.12. The van der Waals surface area contributed by atoms with Crippen molar-refractivity contribution >= 4 is 0 Å². The molecule has 2 rings (SSSR count). The Labute approximate surface area is 130 Å². The average molecular weight is 292 g/mol. The van der Waals surface area contributed by atoms with Gasteiger partial charge < -0.3 is 4.90 Å². The Morgan fingerprint density at radius 1 is 1.24 bits per heavy atom. The molecule has 0 aromatic carbocycles. The molecule has 1 N–H and O–H groups in total. The van der Waals surface area contributed by atoms with Crippen LogP contribution in [0.1, 0.15) is 52.4 Å². The van der Waals surface area contributed by atoms with E-state index in [4.69, 9.17) is 0 Å². The maximum absolute atomic E-state index is 9.45. The van der Waals surface area contributed by atoms with Gasteiger partial charge in [0, 0.05) is 12.6 Å². The van der Waals surface area contributed by atoms with Gasteiger partial charge in [-0.25, -0.2) is 0 Å². The third-order valence-corrected chi connectivity index (χ3v) is 5.32. The van der Waals surface area contributed by atoms with Crippen molar-refractivity contribution in [1.29, 1.82) is 5.26 Å². The van der Waals surface area contributed by atoms with Crippen LogP contribution in [0.4, 0.5) is 0 Å². The van der Waals surface area contributed by atoms with Gasteiger partial charge >= 0.3 is 0 Å². The van der Waals surface area contributed by atoms with Crippen molar-refractivity contribution in [2.24, 2.45) is 0 Å². The van der Waals surface area contributed by atoms with Crippen LogP contribution in [0, 0.1) is 11.3 Å². The molecular weight excluding hydrogens is 260 g/mol. The minimum absolute atomic E-state index is 0.303. The quantitative estimate of drug-likeness (QED) is 0.745. The molecule has 0 radical (unpaired) electrons. The zero-order chi connectivity index (χ0) is 15.1. The molecule has 2 atom stereocenters. The molecule has 2 aliphatic heterocycles. The summed E-state index contributed by atoms with van der Waals surface area (Å²) in [5.74, 6) is 0. The lowest BCUT2D eigenvalue weighted by Crippen LogP contribution is -2.44. The molecule has 0 amide bonds. The van der Waals surface area contributed by atoms with E-state index in [0.29, 0.717) is 0 Å². The molecule has 2 fully saturated rings. The Morgan fingerprint density at radius 2 is 2.00 bits per heavy atom. The molecule has 0 bridgehead atoms. The van der Waals surface area contributed by atoms with E-state index in [1.807, 2.05) is 0 Å². The Hall–Kier alpha value is -0.630. The van der Waals surface area contributed by atoms with E-state index in [1.165, 1.54) is 45.4 Å². The lowest BCUT2D eigenvalue weighted by Gasteiger charge is -2.27. The topological polar surface area (TPSA) is 42.3 Å².